The van der Waals surface area contributed by atoms with Gasteiger partial charge in [0.2, 0.25) is 0 Å². The fraction of sp³-hybridized carbons (Fsp3) is 0.900. The molecule has 0 rings (SSSR count). The third-order valence-electron chi connectivity index (χ3n) is 4.51. The van der Waals surface area contributed by atoms with E-state index < -0.39 is 16.2 Å². The first-order valence-electron chi connectivity index (χ1n) is 10.4. The highest BCUT2D eigenvalue weighted by molar-refractivity contribution is 7.85. The average molecular weight is 408 g/mol. The molecule has 0 aliphatic rings. The molecule has 0 bridgehead atoms. The first-order chi connectivity index (χ1) is 12.9. The van der Waals surface area contributed by atoms with Gasteiger partial charge in [-0.3, -0.25) is 9.45 Å². The lowest BCUT2D eigenvalue weighted by Gasteiger charge is -2.24. The summed E-state index contributed by atoms with van der Waals surface area (Å²) in [6.45, 7) is 7.61. The van der Waals surface area contributed by atoms with Gasteiger partial charge in [-0.1, -0.05) is 70.8 Å². The standard InChI is InChI=1S/C20H41NO5S/c1-3-5-6-7-8-9-10-11-12-13-14-21(15-17-27(23,24)25)18-20(22)19-26-16-4-2/h4,20,22H,2-3,5-19H2,1H3,(H,23,24,25). The molecule has 0 amide bonds. The van der Waals surface area contributed by atoms with Crippen molar-refractivity contribution in [1.29, 1.82) is 0 Å². The van der Waals surface area contributed by atoms with Crippen molar-refractivity contribution in [2.75, 3.05) is 38.6 Å². The van der Waals surface area contributed by atoms with Crippen LogP contribution in [0.2, 0.25) is 0 Å². The maximum Gasteiger partial charge on any atom is 0.266 e. The summed E-state index contributed by atoms with van der Waals surface area (Å²) in [6.07, 6.45) is 13.3. The van der Waals surface area contributed by atoms with E-state index in [9.17, 15) is 13.5 Å². The molecule has 7 heteroatoms. The maximum atomic E-state index is 11.0. The quantitative estimate of drug-likeness (QED) is 0.182. The van der Waals surface area contributed by atoms with Crippen LogP contribution in [0.4, 0.5) is 0 Å². The topological polar surface area (TPSA) is 87.1 Å². The molecule has 2 N–H and O–H groups in total. The Hall–Kier alpha value is -0.470. The molecule has 0 saturated heterocycles. The summed E-state index contributed by atoms with van der Waals surface area (Å²) in [5.41, 5.74) is 0. The molecule has 0 aliphatic carbocycles. The minimum Gasteiger partial charge on any atom is -0.389 e. The van der Waals surface area contributed by atoms with Crippen LogP contribution in [0, 0.1) is 0 Å². The number of unbranched alkanes of at least 4 members (excludes halogenated alkanes) is 9. The van der Waals surface area contributed by atoms with Crippen LogP contribution in [-0.4, -0.2) is 67.7 Å². The number of ether oxygens (including phenoxy) is 1. The van der Waals surface area contributed by atoms with Gasteiger partial charge < -0.3 is 9.84 Å². The van der Waals surface area contributed by atoms with Crippen molar-refractivity contribution in [1.82, 2.24) is 4.90 Å². The van der Waals surface area contributed by atoms with Crippen molar-refractivity contribution >= 4 is 10.1 Å². The summed E-state index contributed by atoms with van der Waals surface area (Å²) in [7, 11) is -4.00. The molecule has 0 aromatic carbocycles. The summed E-state index contributed by atoms with van der Waals surface area (Å²) < 4.78 is 36.2. The van der Waals surface area contributed by atoms with Gasteiger partial charge in [-0.25, -0.2) is 0 Å². The predicted octanol–water partition coefficient (Wildman–Crippen LogP) is 3.66. The number of hydrogen-bond donors (Lipinski definition) is 2. The van der Waals surface area contributed by atoms with E-state index in [1.807, 2.05) is 4.90 Å². The zero-order valence-electron chi connectivity index (χ0n) is 17.2. The summed E-state index contributed by atoms with van der Waals surface area (Å²) >= 11 is 0. The molecule has 162 valence electrons. The van der Waals surface area contributed by atoms with E-state index >= 15 is 0 Å². The summed E-state index contributed by atoms with van der Waals surface area (Å²) in [4.78, 5) is 1.89. The third kappa shape index (κ3) is 20.1. The van der Waals surface area contributed by atoms with Crippen LogP contribution in [0.1, 0.15) is 71.1 Å². The first-order valence-corrected chi connectivity index (χ1v) is 12.0. The first kappa shape index (κ1) is 26.5. The lowest BCUT2D eigenvalue weighted by Crippen LogP contribution is -2.38. The van der Waals surface area contributed by atoms with Crippen molar-refractivity contribution in [2.45, 2.75) is 77.2 Å². The zero-order valence-corrected chi connectivity index (χ0v) is 18.0. The molecular formula is C20H41NO5S. The number of rotatable bonds is 20. The van der Waals surface area contributed by atoms with Gasteiger partial charge in [0.05, 0.1) is 25.1 Å². The zero-order chi connectivity index (χ0) is 20.4. The fourth-order valence-corrected chi connectivity index (χ4v) is 3.49. The highest BCUT2D eigenvalue weighted by atomic mass is 32.2. The SMILES string of the molecule is C=CCOCC(O)CN(CCCCCCCCCCCC)CCS(=O)(=O)O. The lowest BCUT2D eigenvalue weighted by atomic mass is 10.1. The largest absolute Gasteiger partial charge is 0.389 e. The molecule has 0 aromatic rings. The van der Waals surface area contributed by atoms with Gasteiger partial charge in [-0.15, -0.1) is 6.58 Å². The van der Waals surface area contributed by atoms with E-state index in [0.717, 1.165) is 12.8 Å². The number of nitrogens with zero attached hydrogens (tertiary/aromatic N) is 1. The van der Waals surface area contributed by atoms with Crippen LogP contribution in [0.25, 0.3) is 0 Å². The molecule has 0 radical (unpaired) electrons. The van der Waals surface area contributed by atoms with Crippen molar-refractivity contribution in [2.24, 2.45) is 0 Å². The molecular weight excluding hydrogens is 366 g/mol. The van der Waals surface area contributed by atoms with Crippen LogP contribution >= 0.6 is 0 Å². The monoisotopic (exact) mass is 407 g/mol. The number of hydrogen-bond acceptors (Lipinski definition) is 5. The van der Waals surface area contributed by atoms with E-state index in [2.05, 4.69) is 13.5 Å². The molecule has 0 fully saturated rings. The Morgan fingerprint density at radius 2 is 1.56 bits per heavy atom. The summed E-state index contributed by atoms with van der Waals surface area (Å²) in [6, 6.07) is 0. The summed E-state index contributed by atoms with van der Waals surface area (Å²) in [5, 5.41) is 10.0. The third-order valence-corrected chi connectivity index (χ3v) is 5.21. The van der Waals surface area contributed by atoms with Crippen molar-refractivity contribution < 1.29 is 22.8 Å². The average Bonchev–Trinajstić information content (AvgIpc) is 2.60. The minimum atomic E-state index is -4.00. The Balaban J connectivity index is 3.96. The second-order valence-electron chi connectivity index (χ2n) is 7.25. The minimum absolute atomic E-state index is 0.187. The Labute approximate surface area is 166 Å². The predicted molar refractivity (Wildman–Crippen MR) is 112 cm³/mol. The van der Waals surface area contributed by atoms with Crippen LogP contribution in [0.3, 0.4) is 0 Å². The molecule has 1 unspecified atom stereocenters. The Bertz CT molecular complexity index is 442. The van der Waals surface area contributed by atoms with Crippen LogP contribution < -0.4 is 0 Å². The highest BCUT2D eigenvalue weighted by Gasteiger charge is 2.15. The van der Waals surface area contributed by atoms with Crippen LogP contribution in [0.15, 0.2) is 12.7 Å². The van der Waals surface area contributed by atoms with Gasteiger partial charge in [0.1, 0.15) is 0 Å². The van der Waals surface area contributed by atoms with Crippen LogP contribution in [0.5, 0.6) is 0 Å². The molecule has 1 atom stereocenters. The molecule has 27 heavy (non-hydrogen) atoms. The van der Waals surface area contributed by atoms with E-state index in [4.69, 9.17) is 9.29 Å². The van der Waals surface area contributed by atoms with Gasteiger partial charge in [-0.05, 0) is 13.0 Å². The highest BCUT2D eigenvalue weighted by Crippen LogP contribution is 2.11. The van der Waals surface area contributed by atoms with E-state index in [0.29, 0.717) is 19.7 Å². The molecule has 0 spiro atoms. The van der Waals surface area contributed by atoms with E-state index in [-0.39, 0.29) is 18.9 Å². The van der Waals surface area contributed by atoms with Crippen molar-refractivity contribution in [3.63, 3.8) is 0 Å². The van der Waals surface area contributed by atoms with Gasteiger partial charge in [0.15, 0.2) is 0 Å². The molecule has 0 heterocycles. The van der Waals surface area contributed by atoms with Crippen molar-refractivity contribution in [3.05, 3.63) is 12.7 Å². The van der Waals surface area contributed by atoms with Gasteiger partial charge in [0.25, 0.3) is 10.1 Å². The smallest absolute Gasteiger partial charge is 0.266 e. The molecule has 6 nitrogen and oxygen atoms in total. The maximum absolute atomic E-state index is 11.0. The molecule has 0 saturated carbocycles. The number of aliphatic hydroxyl groups excluding tert-OH is 1. The molecule has 0 aliphatic heterocycles. The van der Waals surface area contributed by atoms with Gasteiger partial charge in [-0.2, -0.15) is 8.42 Å². The van der Waals surface area contributed by atoms with Crippen molar-refractivity contribution in [3.8, 4) is 0 Å². The second kappa shape index (κ2) is 17.6. The second-order valence-corrected chi connectivity index (χ2v) is 8.82. The van der Waals surface area contributed by atoms with Gasteiger partial charge in [0, 0.05) is 13.1 Å². The Morgan fingerprint density at radius 3 is 2.07 bits per heavy atom. The Morgan fingerprint density at radius 1 is 1.00 bits per heavy atom. The van der Waals surface area contributed by atoms with E-state index in [1.54, 1.807) is 6.08 Å². The van der Waals surface area contributed by atoms with Gasteiger partial charge >= 0.3 is 0 Å². The van der Waals surface area contributed by atoms with Crippen LogP contribution in [-0.2, 0) is 14.9 Å². The normalized spacial score (nSPS) is 13.2. The van der Waals surface area contributed by atoms with E-state index in [1.165, 1.54) is 51.4 Å². The Kier molecular flexibility index (Phi) is 17.3. The fourth-order valence-electron chi connectivity index (χ4n) is 3.00. The number of aliphatic hydroxyl groups is 1. The lowest BCUT2D eigenvalue weighted by molar-refractivity contribution is 0.0270. The summed E-state index contributed by atoms with van der Waals surface area (Å²) in [5.74, 6) is -0.314. The molecule has 0 aromatic heterocycles.